The summed E-state index contributed by atoms with van der Waals surface area (Å²) in [7, 11) is 0. The first-order valence-electron chi connectivity index (χ1n) is 9.63. The number of carbonyl (C=O) groups is 1. The summed E-state index contributed by atoms with van der Waals surface area (Å²) in [6.07, 6.45) is 1.64. The van der Waals surface area contributed by atoms with Gasteiger partial charge in [-0.15, -0.1) is 11.8 Å². The third-order valence-corrected chi connectivity index (χ3v) is 5.37. The largest absolute Gasteiger partial charge is 0.444 e. The molecule has 2 aromatic heterocycles. The van der Waals surface area contributed by atoms with Gasteiger partial charge in [-0.05, 0) is 24.6 Å². The van der Waals surface area contributed by atoms with Gasteiger partial charge in [0, 0.05) is 17.4 Å². The molecule has 0 aliphatic heterocycles. The molecule has 0 unspecified atom stereocenters. The molecule has 6 nitrogen and oxygen atoms in total. The summed E-state index contributed by atoms with van der Waals surface area (Å²) in [6.45, 7) is 2.53. The van der Waals surface area contributed by atoms with Gasteiger partial charge in [0.2, 0.25) is 11.8 Å². The zero-order valence-corrected chi connectivity index (χ0v) is 17.4. The molecule has 0 aliphatic carbocycles. The van der Waals surface area contributed by atoms with Crippen LogP contribution < -0.4 is 5.32 Å². The molecule has 2 aromatic carbocycles. The van der Waals surface area contributed by atoms with Crippen LogP contribution in [0.2, 0.25) is 0 Å². The Bertz CT molecular complexity index is 1110. The van der Waals surface area contributed by atoms with Gasteiger partial charge in [0.1, 0.15) is 12.1 Å². The van der Waals surface area contributed by atoms with Crippen LogP contribution in [0.3, 0.4) is 0 Å². The molecule has 0 saturated carbocycles. The first kappa shape index (κ1) is 20.0. The lowest BCUT2D eigenvalue weighted by atomic mass is 10.2. The predicted molar refractivity (Wildman–Crippen MR) is 119 cm³/mol. The molecule has 0 saturated heterocycles. The van der Waals surface area contributed by atoms with Gasteiger partial charge < -0.3 is 9.73 Å². The number of thioether (sulfide) groups is 1. The van der Waals surface area contributed by atoms with Crippen molar-refractivity contribution >= 4 is 23.5 Å². The SMILES string of the molecule is Cc1cc(NC(=O)CSCc2coc(-c3ccccc3)n2)n(Cc2ccccc2)n1. The van der Waals surface area contributed by atoms with E-state index in [4.69, 9.17) is 4.42 Å². The molecule has 7 heteroatoms. The molecule has 2 heterocycles. The fourth-order valence-electron chi connectivity index (χ4n) is 3.04. The van der Waals surface area contributed by atoms with Gasteiger partial charge in [-0.3, -0.25) is 4.79 Å². The van der Waals surface area contributed by atoms with E-state index >= 15 is 0 Å². The Kier molecular flexibility index (Phi) is 6.29. The lowest BCUT2D eigenvalue weighted by Crippen LogP contribution is -2.18. The van der Waals surface area contributed by atoms with Crippen molar-refractivity contribution in [3.63, 3.8) is 0 Å². The number of hydrogen-bond donors (Lipinski definition) is 1. The summed E-state index contributed by atoms with van der Waals surface area (Å²) in [6, 6.07) is 21.7. The summed E-state index contributed by atoms with van der Waals surface area (Å²) >= 11 is 1.49. The molecule has 1 amide bonds. The van der Waals surface area contributed by atoms with Crippen LogP contribution in [0.25, 0.3) is 11.5 Å². The summed E-state index contributed by atoms with van der Waals surface area (Å²) in [5, 5.41) is 7.46. The Labute approximate surface area is 179 Å². The van der Waals surface area contributed by atoms with E-state index in [9.17, 15) is 4.79 Å². The average molecular weight is 419 g/mol. The van der Waals surface area contributed by atoms with E-state index in [1.807, 2.05) is 78.3 Å². The summed E-state index contributed by atoms with van der Waals surface area (Å²) in [4.78, 5) is 16.9. The first-order valence-corrected chi connectivity index (χ1v) is 10.8. The quantitative estimate of drug-likeness (QED) is 0.446. The first-order chi connectivity index (χ1) is 14.7. The zero-order valence-electron chi connectivity index (χ0n) is 16.6. The highest BCUT2D eigenvalue weighted by atomic mass is 32.2. The summed E-state index contributed by atoms with van der Waals surface area (Å²) in [5.74, 6) is 2.15. The maximum Gasteiger partial charge on any atom is 0.235 e. The molecule has 0 radical (unpaired) electrons. The zero-order chi connectivity index (χ0) is 20.8. The minimum absolute atomic E-state index is 0.0685. The predicted octanol–water partition coefficient (Wildman–Crippen LogP) is 4.77. The molecule has 0 fully saturated rings. The molecule has 30 heavy (non-hydrogen) atoms. The molecule has 0 spiro atoms. The highest BCUT2D eigenvalue weighted by molar-refractivity contribution is 7.99. The van der Waals surface area contributed by atoms with Gasteiger partial charge in [-0.25, -0.2) is 9.67 Å². The van der Waals surface area contributed by atoms with Crippen molar-refractivity contribution in [3.05, 3.63) is 89.9 Å². The number of carbonyl (C=O) groups excluding carboxylic acids is 1. The molecule has 0 aliphatic rings. The lowest BCUT2D eigenvalue weighted by molar-refractivity contribution is -0.113. The number of amides is 1. The smallest absolute Gasteiger partial charge is 0.235 e. The Hall–Kier alpha value is -3.32. The van der Waals surface area contributed by atoms with E-state index in [1.165, 1.54) is 11.8 Å². The van der Waals surface area contributed by atoms with Crippen LogP contribution >= 0.6 is 11.8 Å². The fourth-order valence-corrected chi connectivity index (χ4v) is 3.74. The van der Waals surface area contributed by atoms with Crippen molar-refractivity contribution in [3.8, 4) is 11.5 Å². The van der Waals surface area contributed by atoms with Gasteiger partial charge in [-0.2, -0.15) is 5.10 Å². The summed E-state index contributed by atoms with van der Waals surface area (Å²) < 4.78 is 7.36. The third-order valence-electron chi connectivity index (χ3n) is 4.40. The monoisotopic (exact) mass is 418 g/mol. The van der Waals surface area contributed by atoms with E-state index in [2.05, 4.69) is 15.4 Å². The molecule has 0 atom stereocenters. The van der Waals surface area contributed by atoms with E-state index in [0.717, 1.165) is 22.5 Å². The molecule has 4 rings (SSSR count). The van der Waals surface area contributed by atoms with Gasteiger partial charge in [-0.1, -0.05) is 48.5 Å². The Balaban J connectivity index is 1.30. The average Bonchev–Trinajstić information content (AvgIpc) is 3.36. The molecule has 1 N–H and O–H groups in total. The van der Waals surface area contributed by atoms with Crippen molar-refractivity contribution in [2.24, 2.45) is 0 Å². The van der Waals surface area contributed by atoms with Crippen LogP contribution in [-0.2, 0) is 17.1 Å². The van der Waals surface area contributed by atoms with E-state index in [-0.39, 0.29) is 5.91 Å². The van der Waals surface area contributed by atoms with Crippen LogP contribution in [-0.4, -0.2) is 26.4 Å². The van der Waals surface area contributed by atoms with Gasteiger partial charge in [0.15, 0.2) is 0 Å². The number of oxazole rings is 1. The number of nitrogens with one attached hydrogen (secondary N) is 1. The number of rotatable bonds is 8. The normalized spacial score (nSPS) is 10.8. The Morgan fingerprint density at radius 2 is 1.83 bits per heavy atom. The van der Waals surface area contributed by atoms with Crippen molar-refractivity contribution in [2.75, 3.05) is 11.1 Å². The van der Waals surface area contributed by atoms with Crippen LogP contribution in [0, 0.1) is 6.92 Å². The van der Waals surface area contributed by atoms with E-state index < -0.39 is 0 Å². The van der Waals surface area contributed by atoms with Crippen LogP contribution in [0.15, 0.2) is 77.4 Å². The molecular weight excluding hydrogens is 396 g/mol. The Morgan fingerprint density at radius 1 is 1.10 bits per heavy atom. The second-order valence-electron chi connectivity index (χ2n) is 6.87. The van der Waals surface area contributed by atoms with Crippen LogP contribution in [0.5, 0.6) is 0 Å². The second kappa shape index (κ2) is 9.45. The topological polar surface area (TPSA) is 73.0 Å². The lowest BCUT2D eigenvalue weighted by Gasteiger charge is -2.09. The number of anilines is 1. The number of aryl methyl sites for hydroxylation is 1. The highest BCUT2D eigenvalue weighted by Crippen LogP contribution is 2.21. The minimum atomic E-state index is -0.0685. The molecule has 0 bridgehead atoms. The van der Waals surface area contributed by atoms with Gasteiger partial charge >= 0.3 is 0 Å². The molecular formula is C23H22N4O2S. The number of benzene rings is 2. The maximum absolute atomic E-state index is 12.4. The van der Waals surface area contributed by atoms with E-state index in [1.54, 1.807) is 6.26 Å². The third kappa shape index (κ3) is 5.18. The molecule has 4 aromatic rings. The second-order valence-corrected chi connectivity index (χ2v) is 7.85. The van der Waals surface area contributed by atoms with E-state index in [0.29, 0.717) is 29.8 Å². The standard InChI is InChI=1S/C23H22N4O2S/c1-17-12-21(27(26-17)13-18-8-4-2-5-9-18)25-22(28)16-30-15-20-14-29-23(24-20)19-10-6-3-7-11-19/h2-12,14H,13,15-16H2,1H3,(H,25,28). The Morgan fingerprint density at radius 3 is 2.60 bits per heavy atom. The van der Waals surface area contributed by atoms with Crippen molar-refractivity contribution in [1.82, 2.24) is 14.8 Å². The number of aromatic nitrogens is 3. The van der Waals surface area contributed by atoms with Crippen molar-refractivity contribution in [2.45, 2.75) is 19.2 Å². The summed E-state index contributed by atoms with van der Waals surface area (Å²) in [5.41, 5.74) is 3.75. The van der Waals surface area contributed by atoms with Crippen LogP contribution in [0.1, 0.15) is 17.0 Å². The highest BCUT2D eigenvalue weighted by Gasteiger charge is 2.11. The van der Waals surface area contributed by atoms with Gasteiger partial charge in [0.25, 0.3) is 0 Å². The maximum atomic E-state index is 12.4. The minimum Gasteiger partial charge on any atom is -0.444 e. The van der Waals surface area contributed by atoms with Gasteiger partial charge in [0.05, 0.1) is 23.7 Å². The van der Waals surface area contributed by atoms with Crippen molar-refractivity contribution in [1.29, 1.82) is 0 Å². The number of hydrogen-bond acceptors (Lipinski definition) is 5. The van der Waals surface area contributed by atoms with Crippen molar-refractivity contribution < 1.29 is 9.21 Å². The fraction of sp³-hybridized carbons (Fsp3) is 0.174. The molecule has 152 valence electrons. The number of nitrogens with zero attached hydrogens (tertiary/aromatic N) is 3. The van der Waals surface area contributed by atoms with Crippen LogP contribution in [0.4, 0.5) is 5.82 Å².